The number of nitrogens with zero attached hydrogens (tertiary/aromatic N) is 1. The molecule has 0 saturated carbocycles. The SMILES string of the molecule is Cc1cc2c(cc1C1CCNCC1(F)F)CN=C2. The summed E-state index contributed by atoms with van der Waals surface area (Å²) in [7, 11) is 0. The zero-order valence-corrected chi connectivity index (χ0v) is 10.3. The number of aliphatic imine (C=N–C) groups is 1. The monoisotopic (exact) mass is 250 g/mol. The minimum Gasteiger partial charge on any atom is -0.311 e. The average Bonchev–Trinajstić information content (AvgIpc) is 2.75. The van der Waals surface area contributed by atoms with Crippen LogP contribution in [0.5, 0.6) is 0 Å². The van der Waals surface area contributed by atoms with Gasteiger partial charge in [0.2, 0.25) is 0 Å². The Hall–Kier alpha value is -1.29. The lowest BCUT2D eigenvalue weighted by atomic mass is 9.83. The normalized spacial score (nSPS) is 25.2. The van der Waals surface area contributed by atoms with Gasteiger partial charge >= 0.3 is 0 Å². The summed E-state index contributed by atoms with van der Waals surface area (Å²) in [6.07, 6.45) is 2.32. The number of halogens is 2. The molecule has 1 aromatic carbocycles. The van der Waals surface area contributed by atoms with Crippen molar-refractivity contribution in [3.8, 4) is 0 Å². The second kappa shape index (κ2) is 4.12. The van der Waals surface area contributed by atoms with Crippen LogP contribution in [-0.4, -0.2) is 25.2 Å². The standard InChI is InChI=1S/C14H16F2N2/c1-9-4-10-6-18-7-11(10)5-12(9)13-2-3-17-8-14(13,15)16/h4-6,13,17H,2-3,7-8H2,1H3. The highest BCUT2D eigenvalue weighted by molar-refractivity contribution is 5.85. The predicted molar refractivity (Wildman–Crippen MR) is 67.7 cm³/mol. The fraction of sp³-hybridized carbons (Fsp3) is 0.500. The molecule has 4 heteroatoms. The summed E-state index contributed by atoms with van der Waals surface area (Å²) in [6, 6.07) is 3.92. The Morgan fingerprint density at radius 2 is 2.22 bits per heavy atom. The summed E-state index contributed by atoms with van der Waals surface area (Å²) in [5, 5.41) is 2.77. The third kappa shape index (κ3) is 1.85. The smallest absolute Gasteiger partial charge is 0.267 e. The molecule has 1 N–H and O–H groups in total. The summed E-state index contributed by atoms with van der Waals surface area (Å²) in [4.78, 5) is 4.19. The number of nitrogens with one attached hydrogen (secondary N) is 1. The van der Waals surface area contributed by atoms with E-state index in [1.165, 1.54) is 0 Å². The summed E-state index contributed by atoms with van der Waals surface area (Å²) < 4.78 is 28.0. The second-order valence-electron chi connectivity index (χ2n) is 5.16. The minimum atomic E-state index is -2.66. The molecule has 0 radical (unpaired) electrons. The van der Waals surface area contributed by atoms with Crippen LogP contribution in [0.3, 0.4) is 0 Å². The molecule has 2 nitrogen and oxygen atoms in total. The van der Waals surface area contributed by atoms with Crippen LogP contribution in [0.4, 0.5) is 8.78 Å². The summed E-state index contributed by atoms with van der Waals surface area (Å²) in [5.41, 5.74) is 3.90. The van der Waals surface area contributed by atoms with Crippen molar-refractivity contribution in [3.63, 3.8) is 0 Å². The fourth-order valence-electron chi connectivity index (χ4n) is 2.89. The first-order valence-corrected chi connectivity index (χ1v) is 6.30. The number of hydrogen-bond acceptors (Lipinski definition) is 2. The van der Waals surface area contributed by atoms with Crippen molar-refractivity contribution in [2.45, 2.75) is 31.7 Å². The van der Waals surface area contributed by atoms with Crippen LogP contribution >= 0.6 is 0 Å². The van der Waals surface area contributed by atoms with Crippen LogP contribution in [0.2, 0.25) is 0 Å². The molecule has 0 bridgehead atoms. The molecule has 1 aromatic rings. The highest BCUT2D eigenvalue weighted by atomic mass is 19.3. The van der Waals surface area contributed by atoms with E-state index in [0.29, 0.717) is 19.5 Å². The van der Waals surface area contributed by atoms with Gasteiger partial charge in [-0.15, -0.1) is 0 Å². The Kier molecular flexibility index (Phi) is 2.70. The van der Waals surface area contributed by atoms with Crippen molar-refractivity contribution < 1.29 is 8.78 Å². The van der Waals surface area contributed by atoms with Crippen LogP contribution in [-0.2, 0) is 6.54 Å². The van der Waals surface area contributed by atoms with Crippen LogP contribution in [0.15, 0.2) is 17.1 Å². The van der Waals surface area contributed by atoms with Gasteiger partial charge in [0, 0.05) is 6.21 Å². The van der Waals surface area contributed by atoms with Crippen molar-refractivity contribution >= 4 is 6.21 Å². The number of fused-ring (bicyclic) bond motifs is 1. The molecule has 1 saturated heterocycles. The molecule has 3 rings (SSSR count). The number of alkyl halides is 2. The van der Waals surface area contributed by atoms with Gasteiger partial charge in [-0.05, 0) is 48.2 Å². The van der Waals surface area contributed by atoms with Crippen molar-refractivity contribution in [1.82, 2.24) is 5.32 Å². The van der Waals surface area contributed by atoms with E-state index in [0.717, 1.165) is 22.3 Å². The van der Waals surface area contributed by atoms with Crippen molar-refractivity contribution in [3.05, 3.63) is 34.4 Å². The molecule has 2 aliphatic rings. The van der Waals surface area contributed by atoms with E-state index in [9.17, 15) is 8.78 Å². The molecule has 1 fully saturated rings. The largest absolute Gasteiger partial charge is 0.311 e. The van der Waals surface area contributed by atoms with Gasteiger partial charge in [0.15, 0.2) is 0 Å². The lowest BCUT2D eigenvalue weighted by Gasteiger charge is -2.33. The molecule has 0 spiro atoms. The van der Waals surface area contributed by atoms with E-state index in [2.05, 4.69) is 10.3 Å². The van der Waals surface area contributed by atoms with Gasteiger partial charge in [0.1, 0.15) is 0 Å². The van der Waals surface area contributed by atoms with Gasteiger partial charge < -0.3 is 5.32 Å². The van der Waals surface area contributed by atoms with E-state index >= 15 is 0 Å². The Morgan fingerprint density at radius 3 is 3.00 bits per heavy atom. The summed E-state index contributed by atoms with van der Waals surface area (Å²) in [6.45, 7) is 2.98. The zero-order valence-electron chi connectivity index (χ0n) is 10.3. The number of benzene rings is 1. The molecule has 1 atom stereocenters. The lowest BCUT2D eigenvalue weighted by molar-refractivity contribution is -0.0422. The maximum atomic E-state index is 14.0. The van der Waals surface area contributed by atoms with Gasteiger partial charge in [-0.3, -0.25) is 4.99 Å². The number of piperidine rings is 1. The third-order valence-corrected chi connectivity index (χ3v) is 3.88. The predicted octanol–water partition coefficient (Wildman–Crippen LogP) is 2.64. The second-order valence-corrected chi connectivity index (χ2v) is 5.16. The highest BCUT2D eigenvalue weighted by Crippen LogP contribution is 2.40. The van der Waals surface area contributed by atoms with Crippen LogP contribution in [0.25, 0.3) is 0 Å². The first-order valence-electron chi connectivity index (χ1n) is 6.30. The van der Waals surface area contributed by atoms with Gasteiger partial charge in [0.25, 0.3) is 5.92 Å². The maximum absolute atomic E-state index is 14.0. The Morgan fingerprint density at radius 1 is 1.39 bits per heavy atom. The van der Waals surface area contributed by atoms with E-state index in [-0.39, 0.29) is 6.54 Å². The minimum absolute atomic E-state index is 0.218. The molecule has 0 amide bonds. The Labute approximate surface area is 105 Å². The van der Waals surface area contributed by atoms with Gasteiger partial charge in [-0.25, -0.2) is 8.78 Å². The van der Waals surface area contributed by atoms with Crippen molar-refractivity contribution in [1.29, 1.82) is 0 Å². The van der Waals surface area contributed by atoms with Crippen molar-refractivity contribution in [2.24, 2.45) is 4.99 Å². The summed E-state index contributed by atoms with van der Waals surface area (Å²) in [5.74, 6) is -3.32. The first-order chi connectivity index (χ1) is 8.58. The van der Waals surface area contributed by atoms with Crippen LogP contribution in [0.1, 0.15) is 34.6 Å². The van der Waals surface area contributed by atoms with E-state index in [1.807, 2.05) is 25.3 Å². The average molecular weight is 250 g/mol. The molecule has 0 aromatic heterocycles. The molecular formula is C14H16F2N2. The number of hydrogen-bond donors (Lipinski definition) is 1. The van der Waals surface area contributed by atoms with Gasteiger partial charge in [-0.1, -0.05) is 6.07 Å². The Balaban J connectivity index is 2.02. The Bertz CT molecular complexity index is 509. The van der Waals surface area contributed by atoms with E-state index < -0.39 is 11.8 Å². The third-order valence-electron chi connectivity index (χ3n) is 3.88. The lowest BCUT2D eigenvalue weighted by Crippen LogP contribution is -2.44. The maximum Gasteiger partial charge on any atom is 0.267 e. The van der Waals surface area contributed by atoms with Crippen LogP contribution in [0, 0.1) is 6.92 Å². The van der Waals surface area contributed by atoms with E-state index in [4.69, 9.17) is 0 Å². The van der Waals surface area contributed by atoms with Crippen molar-refractivity contribution in [2.75, 3.05) is 13.1 Å². The molecule has 96 valence electrons. The first kappa shape index (κ1) is 11.8. The molecule has 2 aliphatic heterocycles. The molecule has 2 heterocycles. The summed E-state index contributed by atoms with van der Waals surface area (Å²) >= 11 is 0. The molecule has 18 heavy (non-hydrogen) atoms. The molecule has 0 aliphatic carbocycles. The fourth-order valence-corrected chi connectivity index (χ4v) is 2.89. The molecule has 1 unspecified atom stereocenters. The van der Waals surface area contributed by atoms with Crippen LogP contribution < -0.4 is 5.32 Å². The van der Waals surface area contributed by atoms with Gasteiger partial charge in [-0.2, -0.15) is 0 Å². The number of rotatable bonds is 1. The zero-order chi connectivity index (χ0) is 12.8. The molecular weight excluding hydrogens is 234 g/mol. The van der Waals surface area contributed by atoms with E-state index in [1.54, 1.807) is 0 Å². The highest BCUT2D eigenvalue weighted by Gasteiger charge is 2.43. The van der Waals surface area contributed by atoms with Gasteiger partial charge in [0.05, 0.1) is 19.0 Å². The number of aryl methyl sites for hydroxylation is 1. The quantitative estimate of drug-likeness (QED) is 0.814. The topological polar surface area (TPSA) is 24.4 Å².